The first-order valence-corrected chi connectivity index (χ1v) is 9.93. The number of amides is 1. The monoisotopic (exact) mass is 392 g/mol. The molecule has 1 heterocycles. The summed E-state index contributed by atoms with van der Waals surface area (Å²) in [7, 11) is -3.73. The number of hydrogen-bond acceptors (Lipinski definition) is 4. The minimum atomic E-state index is -3.73. The van der Waals surface area contributed by atoms with Crippen LogP contribution in [0.1, 0.15) is 10.4 Å². The molecule has 0 spiro atoms. The van der Waals surface area contributed by atoms with E-state index in [4.69, 9.17) is 0 Å². The summed E-state index contributed by atoms with van der Waals surface area (Å²) in [5.74, 6) is -0.385. The number of benzene rings is 3. The van der Waals surface area contributed by atoms with Crippen LogP contribution in [0.4, 0.5) is 5.69 Å². The first kappa shape index (κ1) is 17.7. The van der Waals surface area contributed by atoms with Gasteiger partial charge in [0, 0.05) is 11.3 Å². The molecule has 0 atom stereocenters. The second-order valence-electron chi connectivity index (χ2n) is 6.04. The van der Waals surface area contributed by atoms with Crippen LogP contribution in [-0.2, 0) is 10.0 Å². The Morgan fingerprint density at radius 2 is 1.64 bits per heavy atom. The lowest BCUT2D eigenvalue weighted by Crippen LogP contribution is -2.22. The molecule has 4 rings (SSSR count). The molecule has 0 radical (unpaired) electrons. The summed E-state index contributed by atoms with van der Waals surface area (Å²) < 4.78 is 28.9. The summed E-state index contributed by atoms with van der Waals surface area (Å²) in [5.41, 5.74) is 4.87. The normalized spacial score (nSPS) is 11.3. The van der Waals surface area contributed by atoms with E-state index >= 15 is 0 Å². The SMILES string of the molecule is O=C(Nn1cnc2ccccc21)c1cccc(NS(=O)(=O)c2ccccc2)c1. The topological polar surface area (TPSA) is 93.1 Å². The van der Waals surface area contributed by atoms with E-state index in [0.29, 0.717) is 11.3 Å². The van der Waals surface area contributed by atoms with Gasteiger partial charge < -0.3 is 0 Å². The van der Waals surface area contributed by atoms with Gasteiger partial charge in [0.2, 0.25) is 0 Å². The Kier molecular flexibility index (Phi) is 4.54. The molecule has 0 aliphatic carbocycles. The molecule has 0 fully saturated rings. The standard InChI is InChI=1S/C20H16N4O3S/c25-20(22-24-14-21-18-11-4-5-12-19(18)24)15-7-6-8-16(13-15)23-28(26,27)17-9-2-1-3-10-17/h1-14,23H,(H,22,25). The number of fused-ring (bicyclic) bond motifs is 1. The Morgan fingerprint density at radius 1 is 0.893 bits per heavy atom. The van der Waals surface area contributed by atoms with Crippen molar-refractivity contribution in [3.63, 3.8) is 0 Å². The van der Waals surface area contributed by atoms with Gasteiger partial charge in [-0.2, -0.15) is 0 Å². The number of nitrogens with zero attached hydrogens (tertiary/aromatic N) is 2. The largest absolute Gasteiger partial charge is 0.280 e. The highest BCUT2D eigenvalue weighted by Crippen LogP contribution is 2.17. The van der Waals surface area contributed by atoms with Crippen molar-refractivity contribution in [2.45, 2.75) is 4.90 Å². The third-order valence-electron chi connectivity index (χ3n) is 4.11. The average molecular weight is 392 g/mol. The van der Waals surface area contributed by atoms with Crippen molar-refractivity contribution in [1.82, 2.24) is 9.66 Å². The van der Waals surface area contributed by atoms with Crippen LogP contribution in [0.25, 0.3) is 11.0 Å². The number of imidazole rings is 1. The zero-order valence-electron chi connectivity index (χ0n) is 14.6. The van der Waals surface area contributed by atoms with Crippen LogP contribution in [-0.4, -0.2) is 24.0 Å². The fourth-order valence-corrected chi connectivity index (χ4v) is 3.83. The van der Waals surface area contributed by atoms with Gasteiger partial charge in [0.05, 0.1) is 15.9 Å². The molecular formula is C20H16N4O3S. The molecule has 1 amide bonds. The van der Waals surface area contributed by atoms with Crippen LogP contribution in [0.3, 0.4) is 0 Å². The maximum Gasteiger partial charge on any atom is 0.270 e. The third kappa shape index (κ3) is 3.58. The number of aromatic nitrogens is 2. The predicted octanol–water partition coefficient (Wildman–Crippen LogP) is 3.22. The molecule has 8 heteroatoms. The van der Waals surface area contributed by atoms with E-state index in [2.05, 4.69) is 15.1 Å². The molecule has 4 aromatic rings. The molecule has 0 saturated carbocycles. The Morgan fingerprint density at radius 3 is 2.46 bits per heavy atom. The minimum Gasteiger partial charge on any atom is -0.280 e. The van der Waals surface area contributed by atoms with E-state index in [1.807, 2.05) is 24.3 Å². The van der Waals surface area contributed by atoms with E-state index in [0.717, 1.165) is 11.0 Å². The quantitative estimate of drug-likeness (QED) is 0.545. The zero-order chi connectivity index (χ0) is 19.6. The molecule has 0 unspecified atom stereocenters. The molecule has 3 aromatic carbocycles. The Bertz CT molecular complexity index is 1250. The van der Waals surface area contributed by atoms with Crippen LogP contribution in [0, 0.1) is 0 Å². The number of anilines is 1. The zero-order valence-corrected chi connectivity index (χ0v) is 15.4. The molecule has 28 heavy (non-hydrogen) atoms. The van der Waals surface area contributed by atoms with Crippen LogP contribution in [0.15, 0.2) is 90.1 Å². The van der Waals surface area contributed by atoms with E-state index < -0.39 is 10.0 Å². The van der Waals surface area contributed by atoms with Gasteiger partial charge in [-0.3, -0.25) is 14.9 Å². The highest BCUT2D eigenvalue weighted by molar-refractivity contribution is 7.92. The number of hydrogen-bond donors (Lipinski definition) is 2. The summed E-state index contributed by atoms with van der Waals surface area (Å²) in [5, 5.41) is 0. The first-order chi connectivity index (χ1) is 13.5. The molecule has 0 aliphatic rings. The highest BCUT2D eigenvalue weighted by Gasteiger charge is 2.15. The van der Waals surface area contributed by atoms with Gasteiger partial charge in [-0.15, -0.1) is 0 Å². The maximum absolute atomic E-state index is 12.6. The second-order valence-corrected chi connectivity index (χ2v) is 7.73. The highest BCUT2D eigenvalue weighted by atomic mass is 32.2. The molecule has 0 aliphatic heterocycles. The van der Waals surface area contributed by atoms with E-state index in [-0.39, 0.29) is 10.8 Å². The number of para-hydroxylation sites is 2. The number of sulfonamides is 1. The minimum absolute atomic E-state index is 0.148. The Hall–Kier alpha value is -3.65. The molecule has 2 N–H and O–H groups in total. The summed E-state index contributed by atoms with van der Waals surface area (Å²) in [4.78, 5) is 17.0. The van der Waals surface area contributed by atoms with Crippen LogP contribution in [0.5, 0.6) is 0 Å². The average Bonchev–Trinajstić information content (AvgIpc) is 3.11. The van der Waals surface area contributed by atoms with Crippen molar-refractivity contribution in [2.24, 2.45) is 0 Å². The summed E-state index contributed by atoms with van der Waals surface area (Å²) in [6.07, 6.45) is 1.52. The van der Waals surface area contributed by atoms with Gasteiger partial charge in [-0.25, -0.2) is 18.1 Å². The molecule has 0 bridgehead atoms. The smallest absolute Gasteiger partial charge is 0.270 e. The van der Waals surface area contributed by atoms with Gasteiger partial charge in [-0.05, 0) is 42.5 Å². The van der Waals surface area contributed by atoms with E-state index in [9.17, 15) is 13.2 Å². The lowest BCUT2D eigenvalue weighted by atomic mass is 10.2. The van der Waals surface area contributed by atoms with Gasteiger partial charge in [0.15, 0.2) is 0 Å². The van der Waals surface area contributed by atoms with Crippen molar-refractivity contribution in [2.75, 3.05) is 10.1 Å². The molecule has 1 aromatic heterocycles. The summed E-state index contributed by atoms with van der Waals surface area (Å²) >= 11 is 0. The molecule has 140 valence electrons. The van der Waals surface area contributed by atoms with E-state index in [1.54, 1.807) is 36.4 Å². The van der Waals surface area contributed by atoms with E-state index in [1.165, 1.54) is 29.2 Å². The lowest BCUT2D eigenvalue weighted by molar-refractivity contribution is 0.101. The van der Waals surface area contributed by atoms with Crippen molar-refractivity contribution >= 4 is 32.7 Å². The number of carbonyl (C=O) groups excluding carboxylic acids is 1. The van der Waals surface area contributed by atoms with Crippen molar-refractivity contribution in [3.8, 4) is 0 Å². The first-order valence-electron chi connectivity index (χ1n) is 8.44. The van der Waals surface area contributed by atoms with Gasteiger partial charge in [0.1, 0.15) is 6.33 Å². The maximum atomic E-state index is 12.6. The Balaban J connectivity index is 1.56. The van der Waals surface area contributed by atoms with Crippen molar-refractivity contribution in [1.29, 1.82) is 0 Å². The summed E-state index contributed by atoms with van der Waals surface area (Å²) in [6, 6.07) is 21.7. The molecule has 7 nitrogen and oxygen atoms in total. The van der Waals surface area contributed by atoms with Crippen LogP contribution in [0.2, 0.25) is 0 Å². The van der Waals surface area contributed by atoms with Crippen LogP contribution >= 0.6 is 0 Å². The number of carbonyl (C=O) groups is 1. The number of rotatable bonds is 5. The fraction of sp³-hybridized carbons (Fsp3) is 0. The van der Waals surface area contributed by atoms with Crippen molar-refractivity contribution < 1.29 is 13.2 Å². The third-order valence-corrected chi connectivity index (χ3v) is 5.50. The predicted molar refractivity (Wildman–Crippen MR) is 107 cm³/mol. The fourth-order valence-electron chi connectivity index (χ4n) is 2.76. The Labute approximate surface area is 161 Å². The van der Waals surface area contributed by atoms with Gasteiger partial charge in [-0.1, -0.05) is 36.4 Å². The molecular weight excluding hydrogens is 376 g/mol. The lowest BCUT2D eigenvalue weighted by Gasteiger charge is -2.10. The second kappa shape index (κ2) is 7.16. The summed E-state index contributed by atoms with van der Waals surface area (Å²) in [6.45, 7) is 0. The van der Waals surface area contributed by atoms with Gasteiger partial charge >= 0.3 is 0 Å². The van der Waals surface area contributed by atoms with Gasteiger partial charge in [0.25, 0.3) is 15.9 Å². The van der Waals surface area contributed by atoms with Crippen molar-refractivity contribution in [3.05, 3.63) is 90.8 Å². The molecule has 0 saturated heterocycles. The van der Waals surface area contributed by atoms with Crippen LogP contribution < -0.4 is 10.1 Å². The number of nitrogens with one attached hydrogen (secondary N) is 2.